The van der Waals surface area contributed by atoms with Gasteiger partial charge in [0.1, 0.15) is 16.9 Å². The lowest BCUT2D eigenvalue weighted by Crippen LogP contribution is -2.40. The molecule has 4 aromatic rings. The molecule has 0 spiro atoms. The van der Waals surface area contributed by atoms with Crippen molar-refractivity contribution in [1.82, 2.24) is 4.98 Å². The summed E-state index contributed by atoms with van der Waals surface area (Å²) in [6.45, 7) is 1.88. The predicted octanol–water partition coefficient (Wildman–Crippen LogP) is 5.96. The molecule has 35 heavy (non-hydrogen) atoms. The van der Waals surface area contributed by atoms with Gasteiger partial charge in [-0.15, -0.1) is 0 Å². The SMILES string of the molecule is CC1(c2cc(-c3ccncc3)ccc2O)C(=O)N(CCc2ccc(C(F)(F)F)o2)c2ccccc21. The monoisotopic (exact) mass is 478 g/mol. The number of fused-ring (bicyclic) bond motifs is 1. The molecule has 8 heteroatoms. The summed E-state index contributed by atoms with van der Waals surface area (Å²) >= 11 is 0. The highest BCUT2D eigenvalue weighted by molar-refractivity contribution is 6.10. The number of aromatic nitrogens is 1. The average molecular weight is 478 g/mol. The van der Waals surface area contributed by atoms with Crippen molar-refractivity contribution in [3.63, 3.8) is 0 Å². The molecule has 1 aliphatic heterocycles. The Labute approximate surface area is 199 Å². The van der Waals surface area contributed by atoms with Gasteiger partial charge in [0.05, 0.1) is 0 Å². The summed E-state index contributed by atoms with van der Waals surface area (Å²) in [5.74, 6) is -1.22. The summed E-state index contributed by atoms with van der Waals surface area (Å²) in [5.41, 5.74) is 2.33. The van der Waals surface area contributed by atoms with Gasteiger partial charge in [-0.2, -0.15) is 13.2 Å². The lowest BCUT2D eigenvalue weighted by molar-refractivity contribution is -0.153. The van der Waals surface area contributed by atoms with Gasteiger partial charge in [-0.3, -0.25) is 9.78 Å². The molecular weight excluding hydrogens is 457 g/mol. The number of hydrogen-bond acceptors (Lipinski definition) is 4. The lowest BCUT2D eigenvalue weighted by atomic mass is 9.76. The molecule has 0 aliphatic carbocycles. The van der Waals surface area contributed by atoms with Crippen LogP contribution < -0.4 is 4.90 Å². The maximum Gasteiger partial charge on any atom is 0.449 e. The summed E-state index contributed by atoms with van der Waals surface area (Å²) in [7, 11) is 0. The number of benzene rings is 2. The van der Waals surface area contributed by atoms with Crippen LogP contribution >= 0.6 is 0 Å². The van der Waals surface area contributed by atoms with Gasteiger partial charge in [-0.05, 0) is 66.1 Å². The third-order valence-corrected chi connectivity index (χ3v) is 6.48. The Kier molecular flexibility index (Phi) is 5.39. The number of carbonyl (C=O) groups is 1. The van der Waals surface area contributed by atoms with Crippen LogP contribution in [-0.2, 0) is 22.8 Å². The Morgan fingerprint density at radius 2 is 1.71 bits per heavy atom. The smallest absolute Gasteiger partial charge is 0.449 e. The maximum atomic E-state index is 13.9. The molecule has 1 amide bonds. The molecule has 0 bridgehead atoms. The summed E-state index contributed by atoms with van der Waals surface area (Å²) in [5, 5.41) is 10.8. The lowest BCUT2D eigenvalue weighted by Gasteiger charge is -2.26. The zero-order valence-corrected chi connectivity index (χ0v) is 18.7. The summed E-state index contributed by atoms with van der Waals surface area (Å²) in [6.07, 6.45) is -1.13. The van der Waals surface area contributed by atoms with E-state index in [1.165, 1.54) is 6.07 Å². The molecule has 1 N–H and O–H groups in total. The third-order valence-electron chi connectivity index (χ3n) is 6.48. The van der Waals surface area contributed by atoms with Crippen molar-refractivity contribution in [2.24, 2.45) is 0 Å². The largest absolute Gasteiger partial charge is 0.508 e. The molecule has 2 aromatic carbocycles. The van der Waals surface area contributed by atoms with Crippen molar-refractivity contribution in [2.75, 3.05) is 11.4 Å². The number of alkyl halides is 3. The number of pyridine rings is 1. The third kappa shape index (κ3) is 3.84. The van der Waals surface area contributed by atoms with Gasteiger partial charge >= 0.3 is 6.18 Å². The normalized spacial score (nSPS) is 17.6. The number of carbonyl (C=O) groups excluding carboxylic acids is 1. The fourth-order valence-corrected chi connectivity index (χ4v) is 4.66. The number of rotatable bonds is 5. The van der Waals surface area contributed by atoms with Crippen LogP contribution in [0.3, 0.4) is 0 Å². The maximum absolute atomic E-state index is 13.9. The van der Waals surface area contributed by atoms with Crippen molar-refractivity contribution in [3.8, 4) is 16.9 Å². The van der Waals surface area contributed by atoms with Gasteiger partial charge in [-0.25, -0.2) is 0 Å². The molecule has 0 saturated carbocycles. The van der Waals surface area contributed by atoms with E-state index < -0.39 is 17.4 Å². The van der Waals surface area contributed by atoms with Crippen molar-refractivity contribution < 1.29 is 27.5 Å². The number of phenols is 1. The zero-order valence-electron chi connectivity index (χ0n) is 18.7. The number of nitrogens with zero attached hydrogens (tertiary/aromatic N) is 2. The Morgan fingerprint density at radius 3 is 2.43 bits per heavy atom. The van der Waals surface area contributed by atoms with Gasteiger partial charge in [0.25, 0.3) is 0 Å². The molecule has 0 radical (unpaired) electrons. The minimum absolute atomic E-state index is 0.0174. The van der Waals surface area contributed by atoms with E-state index in [-0.39, 0.29) is 30.4 Å². The molecule has 5 nitrogen and oxygen atoms in total. The number of furan rings is 1. The molecular formula is C27H21F3N2O3. The predicted molar refractivity (Wildman–Crippen MR) is 124 cm³/mol. The number of anilines is 1. The second-order valence-corrected chi connectivity index (χ2v) is 8.58. The van der Waals surface area contributed by atoms with Crippen LogP contribution in [0.1, 0.15) is 29.6 Å². The highest BCUT2D eigenvalue weighted by Gasteiger charge is 2.49. The van der Waals surface area contributed by atoms with E-state index >= 15 is 0 Å². The first kappa shape index (κ1) is 22.7. The molecule has 1 aliphatic rings. The van der Waals surface area contributed by atoms with Crippen LogP contribution in [0.2, 0.25) is 0 Å². The van der Waals surface area contributed by atoms with E-state index in [2.05, 4.69) is 4.98 Å². The molecule has 1 unspecified atom stereocenters. The van der Waals surface area contributed by atoms with Crippen molar-refractivity contribution in [1.29, 1.82) is 0 Å². The molecule has 2 aromatic heterocycles. The van der Waals surface area contributed by atoms with Crippen LogP contribution in [0.4, 0.5) is 18.9 Å². The standard InChI is InChI=1S/C27H21F3N2O3/c1-26(21-16-18(6-8-23(21)33)17-10-13-31-14-11-17)20-4-2-3-5-22(20)32(25(26)34)15-12-19-7-9-24(35-19)27(28,29)30/h2-11,13-14,16,33H,12,15H2,1H3. The van der Waals surface area contributed by atoms with E-state index in [9.17, 15) is 23.1 Å². The molecule has 1 atom stereocenters. The molecule has 0 fully saturated rings. The summed E-state index contributed by atoms with van der Waals surface area (Å²) in [4.78, 5) is 19.4. The zero-order chi connectivity index (χ0) is 24.8. The van der Waals surface area contributed by atoms with Gasteiger partial charge in [0.15, 0.2) is 0 Å². The summed E-state index contributed by atoms with van der Waals surface area (Å²) in [6, 6.07) is 18.2. The summed E-state index contributed by atoms with van der Waals surface area (Å²) < 4.78 is 43.6. The number of halogens is 3. The van der Waals surface area contributed by atoms with Gasteiger partial charge in [-0.1, -0.05) is 24.3 Å². The van der Waals surface area contributed by atoms with E-state index in [4.69, 9.17) is 4.42 Å². The number of aromatic hydroxyl groups is 1. The average Bonchev–Trinajstić information content (AvgIpc) is 3.41. The number of amides is 1. The molecule has 0 saturated heterocycles. The van der Waals surface area contributed by atoms with Crippen molar-refractivity contribution >= 4 is 11.6 Å². The Bertz CT molecular complexity index is 1400. The first-order valence-corrected chi connectivity index (χ1v) is 11.0. The fraction of sp³-hybridized carbons (Fsp3) is 0.185. The number of hydrogen-bond donors (Lipinski definition) is 1. The van der Waals surface area contributed by atoms with E-state index in [0.29, 0.717) is 16.8 Å². The molecule has 5 rings (SSSR count). The number of para-hydroxylation sites is 1. The first-order valence-electron chi connectivity index (χ1n) is 11.0. The first-order chi connectivity index (χ1) is 16.7. The van der Waals surface area contributed by atoms with Gasteiger partial charge in [0.2, 0.25) is 11.7 Å². The quantitative estimate of drug-likeness (QED) is 0.384. The second-order valence-electron chi connectivity index (χ2n) is 8.58. The fourth-order valence-electron chi connectivity index (χ4n) is 4.66. The van der Waals surface area contributed by atoms with Crippen LogP contribution in [0.5, 0.6) is 5.75 Å². The number of phenolic OH excluding ortho intramolecular Hbond substituents is 1. The Hall–Kier alpha value is -4.07. The van der Waals surface area contributed by atoms with E-state index in [1.54, 1.807) is 54.5 Å². The molecule has 3 heterocycles. The topological polar surface area (TPSA) is 66.6 Å². The van der Waals surface area contributed by atoms with Crippen molar-refractivity contribution in [3.05, 3.63) is 102 Å². The van der Waals surface area contributed by atoms with Gasteiger partial charge in [0, 0.05) is 36.6 Å². The minimum atomic E-state index is -4.57. The van der Waals surface area contributed by atoms with Gasteiger partial charge < -0.3 is 14.4 Å². The highest BCUT2D eigenvalue weighted by atomic mass is 19.4. The minimum Gasteiger partial charge on any atom is -0.508 e. The Balaban J connectivity index is 1.51. The van der Waals surface area contributed by atoms with Crippen LogP contribution in [0.15, 0.2) is 83.5 Å². The van der Waals surface area contributed by atoms with E-state index in [1.807, 2.05) is 24.3 Å². The van der Waals surface area contributed by atoms with E-state index in [0.717, 1.165) is 17.2 Å². The Morgan fingerprint density at radius 1 is 0.971 bits per heavy atom. The van der Waals surface area contributed by atoms with Crippen molar-refractivity contribution in [2.45, 2.75) is 24.9 Å². The van der Waals surface area contributed by atoms with Crippen LogP contribution in [-0.4, -0.2) is 22.5 Å². The van der Waals surface area contributed by atoms with Crippen LogP contribution in [0, 0.1) is 0 Å². The molecule has 178 valence electrons. The second kappa shape index (κ2) is 8.30. The van der Waals surface area contributed by atoms with Crippen LogP contribution in [0.25, 0.3) is 11.1 Å². The highest BCUT2D eigenvalue weighted by Crippen LogP contribution is 2.49.